The average molecular weight is 817 g/mol. The molecule has 64 heavy (non-hydrogen) atoms. The lowest BCUT2D eigenvalue weighted by Crippen LogP contribution is -2.02. The van der Waals surface area contributed by atoms with Crippen LogP contribution in [-0.4, -0.2) is 19.5 Å². The third-order valence-corrected chi connectivity index (χ3v) is 12.6. The molecule has 0 unspecified atom stereocenters. The van der Waals surface area contributed by atoms with Gasteiger partial charge in [-0.05, 0) is 111 Å². The van der Waals surface area contributed by atoms with E-state index in [-0.39, 0.29) is 0 Å². The largest absolute Gasteiger partial charge is 0.456 e. The Balaban J connectivity index is 1.08. The minimum Gasteiger partial charge on any atom is -0.456 e. The Morgan fingerprint density at radius 1 is 0.312 bits per heavy atom. The van der Waals surface area contributed by atoms with Crippen molar-refractivity contribution in [3.05, 3.63) is 218 Å². The summed E-state index contributed by atoms with van der Waals surface area (Å²) in [6, 6.07) is 77.2. The Kier molecular flexibility index (Phi) is 8.15. The molecule has 0 bridgehead atoms. The van der Waals surface area contributed by atoms with Crippen LogP contribution in [0.2, 0.25) is 0 Å². The van der Waals surface area contributed by atoms with Gasteiger partial charge in [-0.25, -0.2) is 15.0 Å². The van der Waals surface area contributed by atoms with Crippen LogP contribution in [0.25, 0.3) is 127 Å². The summed E-state index contributed by atoms with van der Waals surface area (Å²) >= 11 is 0. The van der Waals surface area contributed by atoms with E-state index in [1.54, 1.807) is 0 Å². The summed E-state index contributed by atoms with van der Waals surface area (Å²) in [6.45, 7) is 0. The number of rotatable bonds is 6. The van der Waals surface area contributed by atoms with Gasteiger partial charge < -0.3 is 8.98 Å². The van der Waals surface area contributed by atoms with E-state index in [1.165, 1.54) is 32.3 Å². The van der Waals surface area contributed by atoms with E-state index in [9.17, 15) is 0 Å². The Morgan fingerprint density at radius 3 is 1.78 bits per heavy atom. The van der Waals surface area contributed by atoms with Crippen molar-refractivity contribution in [2.75, 3.05) is 0 Å². The Bertz CT molecular complexity index is 3960. The predicted octanol–water partition coefficient (Wildman–Crippen LogP) is 15.5. The first-order chi connectivity index (χ1) is 31.7. The number of para-hydroxylation sites is 1. The maximum Gasteiger partial charge on any atom is 0.164 e. The van der Waals surface area contributed by atoms with Gasteiger partial charge in [0.25, 0.3) is 0 Å². The van der Waals surface area contributed by atoms with Gasteiger partial charge in [-0.2, -0.15) is 0 Å². The Morgan fingerprint density at radius 2 is 0.953 bits per heavy atom. The maximum absolute atomic E-state index is 6.22. The van der Waals surface area contributed by atoms with Gasteiger partial charge in [0.2, 0.25) is 0 Å². The molecule has 5 heteroatoms. The van der Waals surface area contributed by atoms with Crippen LogP contribution in [-0.2, 0) is 0 Å². The van der Waals surface area contributed by atoms with E-state index in [0.29, 0.717) is 17.5 Å². The van der Waals surface area contributed by atoms with Gasteiger partial charge in [-0.3, -0.25) is 0 Å². The lowest BCUT2D eigenvalue weighted by Gasteiger charge is -2.16. The molecular formula is C59H36N4O. The van der Waals surface area contributed by atoms with Gasteiger partial charge in [0, 0.05) is 43.9 Å². The highest BCUT2D eigenvalue weighted by atomic mass is 16.3. The van der Waals surface area contributed by atoms with E-state index in [4.69, 9.17) is 19.4 Å². The number of fused-ring (bicyclic) bond motifs is 9. The second-order valence-electron chi connectivity index (χ2n) is 16.4. The first-order valence-corrected chi connectivity index (χ1v) is 21.6. The molecule has 5 nitrogen and oxygen atoms in total. The number of hydrogen-bond acceptors (Lipinski definition) is 4. The third-order valence-electron chi connectivity index (χ3n) is 12.6. The van der Waals surface area contributed by atoms with E-state index >= 15 is 0 Å². The molecule has 0 saturated heterocycles. The molecule has 0 saturated carbocycles. The molecule has 3 heterocycles. The molecule has 298 valence electrons. The molecule has 0 aliphatic heterocycles. The molecular weight excluding hydrogens is 781 g/mol. The second-order valence-corrected chi connectivity index (χ2v) is 16.4. The average Bonchev–Trinajstić information content (AvgIpc) is 3.91. The van der Waals surface area contributed by atoms with Crippen molar-refractivity contribution in [1.29, 1.82) is 0 Å². The zero-order chi connectivity index (χ0) is 42.1. The van der Waals surface area contributed by atoms with Crippen LogP contribution in [0.3, 0.4) is 0 Å². The Hall–Kier alpha value is -8.67. The Labute approximate surface area is 368 Å². The van der Waals surface area contributed by atoms with Gasteiger partial charge >= 0.3 is 0 Å². The van der Waals surface area contributed by atoms with Gasteiger partial charge in [-0.1, -0.05) is 152 Å². The number of nitrogens with zero attached hydrogens (tertiary/aromatic N) is 4. The van der Waals surface area contributed by atoms with Crippen LogP contribution in [0, 0.1) is 0 Å². The van der Waals surface area contributed by atoms with Crippen molar-refractivity contribution < 1.29 is 4.42 Å². The minimum atomic E-state index is 0.588. The fraction of sp³-hybridized carbons (Fsp3) is 0. The molecule has 0 spiro atoms. The monoisotopic (exact) mass is 816 g/mol. The summed E-state index contributed by atoms with van der Waals surface area (Å²) in [5.74, 6) is 1.78. The maximum atomic E-state index is 6.22. The quantitative estimate of drug-likeness (QED) is 0.168. The minimum absolute atomic E-state index is 0.588. The van der Waals surface area contributed by atoms with Crippen molar-refractivity contribution in [2.45, 2.75) is 0 Å². The van der Waals surface area contributed by atoms with Crippen LogP contribution < -0.4 is 0 Å². The summed E-state index contributed by atoms with van der Waals surface area (Å²) < 4.78 is 8.65. The van der Waals surface area contributed by atoms with Gasteiger partial charge in [0.05, 0.1) is 11.0 Å². The molecule has 0 N–H and O–H groups in total. The van der Waals surface area contributed by atoms with Gasteiger partial charge in [0.1, 0.15) is 11.2 Å². The molecule has 0 amide bonds. The number of furan rings is 1. The van der Waals surface area contributed by atoms with E-state index in [1.807, 2.05) is 48.5 Å². The van der Waals surface area contributed by atoms with Crippen molar-refractivity contribution in [2.24, 2.45) is 0 Å². The van der Waals surface area contributed by atoms with Gasteiger partial charge in [-0.15, -0.1) is 0 Å². The molecule has 13 aromatic rings. The first-order valence-electron chi connectivity index (χ1n) is 21.6. The fourth-order valence-electron chi connectivity index (χ4n) is 9.56. The molecule has 0 atom stereocenters. The predicted molar refractivity (Wildman–Crippen MR) is 264 cm³/mol. The summed E-state index contributed by atoms with van der Waals surface area (Å²) in [4.78, 5) is 15.8. The third kappa shape index (κ3) is 5.90. The summed E-state index contributed by atoms with van der Waals surface area (Å²) in [5.41, 5.74) is 12.1. The number of benzene rings is 10. The highest BCUT2D eigenvalue weighted by Crippen LogP contribution is 2.42. The standard InChI is InChI=1S/C59H36N4O/c1-3-14-37(15-4-1)40-21-13-22-43(32-40)49-36-45(63-52-30-26-38-16-9-10-23-46(38)56(52)51-33-41-19-7-8-20-42(41)35-53(51)63)28-29-48(49)59-61-57(39-17-5-2-6-18-39)60-58(62-59)44-27-31-55-50(34-44)47-24-11-12-25-54(47)64-55/h1-36H. The molecule has 0 aliphatic carbocycles. The van der Waals surface area contributed by atoms with Crippen LogP contribution in [0.4, 0.5) is 0 Å². The first kappa shape index (κ1) is 36.0. The molecule has 10 aromatic carbocycles. The van der Waals surface area contributed by atoms with Crippen molar-refractivity contribution in [1.82, 2.24) is 19.5 Å². The highest BCUT2D eigenvalue weighted by molar-refractivity contribution is 6.23. The second kappa shape index (κ2) is 14.5. The fourth-order valence-corrected chi connectivity index (χ4v) is 9.56. The molecule has 13 rings (SSSR count). The summed E-state index contributed by atoms with van der Waals surface area (Å²) in [6.07, 6.45) is 0. The lowest BCUT2D eigenvalue weighted by molar-refractivity contribution is 0.669. The summed E-state index contributed by atoms with van der Waals surface area (Å²) in [5, 5.41) is 9.41. The smallest absolute Gasteiger partial charge is 0.164 e. The van der Waals surface area contributed by atoms with E-state index in [0.717, 1.165) is 77.6 Å². The SMILES string of the molecule is c1ccc(-c2cccc(-c3cc(-n4c5cc6ccccc6cc5c5c6ccccc6ccc54)ccc3-c3nc(-c4ccccc4)nc(-c4ccc5oc6ccccc6c5c4)n3)c2)cc1. The molecule has 0 aliphatic rings. The van der Waals surface area contributed by atoms with E-state index in [2.05, 4.69) is 174 Å². The van der Waals surface area contributed by atoms with Gasteiger partial charge in [0.15, 0.2) is 17.5 Å². The number of aromatic nitrogens is 4. The van der Waals surface area contributed by atoms with Crippen LogP contribution in [0.15, 0.2) is 223 Å². The normalized spacial score (nSPS) is 11.8. The van der Waals surface area contributed by atoms with Crippen LogP contribution >= 0.6 is 0 Å². The van der Waals surface area contributed by atoms with Crippen LogP contribution in [0.1, 0.15) is 0 Å². The number of hydrogen-bond donors (Lipinski definition) is 0. The van der Waals surface area contributed by atoms with Crippen molar-refractivity contribution >= 4 is 65.3 Å². The lowest BCUT2D eigenvalue weighted by atomic mass is 9.94. The zero-order valence-electron chi connectivity index (χ0n) is 34.5. The van der Waals surface area contributed by atoms with E-state index < -0.39 is 0 Å². The molecule has 0 fully saturated rings. The molecule has 3 aromatic heterocycles. The molecule has 0 radical (unpaired) electrons. The van der Waals surface area contributed by atoms with Crippen molar-refractivity contribution in [3.63, 3.8) is 0 Å². The highest BCUT2D eigenvalue weighted by Gasteiger charge is 2.21. The van der Waals surface area contributed by atoms with Crippen LogP contribution in [0.5, 0.6) is 0 Å². The topological polar surface area (TPSA) is 56.7 Å². The zero-order valence-corrected chi connectivity index (χ0v) is 34.5. The summed E-state index contributed by atoms with van der Waals surface area (Å²) in [7, 11) is 0. The van der Waals surface area contributed by atoms with Crippen molar-refractivity contribution in [3.8, 4) is 62.1 Å².